The monoisotopic (exact) mass is 320 g/mol. The van der Waals surface area contributed by atoms with E-state index in [4.69, 9.17) is 0 Å². The fraction of sp³-hybridized carbons (Fsp3) is 0.158. The van der Waals surface area contributed by atoms with Gasteiger partial charge in [0.25, 0.3) is 0 Å². The van der Waals surface area contributed by atoms with Crippen LogP contribution in [0.4, 0.5) is 0 Å². The van der Waals surface area contributed by atoms with Crippen molar-refractivity contribution in [2.45, 2.75) is 18.9 Å². The smallest absolute Gasteiger partial charge is 0.389 e. The summed E-state index contributed by atoms with van der Waals surface area (Å²) in [6.45, 7) is 1.86. The van der Waals surface area contributed by atoms with E-state index in [1.807, 2.05) is 95.0 Å². The minimum absolute atomic E-state index is 0. The molecule has 0 spiro atoms. The fourth-order valence-electron chi connectivity index (χ4n) is 2.15. The standard InChI is InChI=1S/C14H15O.C5H5.Fe/c1-14(15,13-9-5-6-10-13)11-12-7-3-2-4-8-12;1-2-4-5-3-1;/h2-10,15H,11H2,1H3;1-5H;/q;;+2. The molecule has 2 saturated carbocycles. The first kappa shape index (κ1) is 18.7. The Morgan fingerprint density at radius 3 is 1.76 bits per heavy atom. The van der Waals surface area contributed by atoms with Crippen LogP contribution in [0.15, 0.2) is 30.3 Å². The van der Waals surface area contributed by atoms with E-state index in [2.05, 4.69) is 0 Å². The molecule has 21 heavy (non-hydrogen) atoms. The largest absolute Gasteiger partial charge is 2.00 e. The van der Waals surface area contributed by atoms with E-state index in [0.29, 0.717) is 6.42 Å². The van der Waals surface area contributed by atoms with Crippen LogP contribution in [0.2, 0.25) is 0 Å². The summed E-state index contributed by atoms with van der Waals surface area (Å²) >= 11 is 0. The van der Waals surface area contributed by atoms with Crippen LogP contribution in [-0.4, -0.2) is 10.7 Å². The van der Waals surface area contributed by atoms with Crippen LogP contribution in [0.5, 0.6) is 0 Å². The van der Waals surface area contributed by atoms with Gasteiger partial charge in [-0.1, -0.05) is 30.3 Å². The van der Waals surface area contributed by atoms with E-state index in [0.717, 1.165) is 11.5 Å². The first-order chi connectivity index (χ1) is 9.68. The molecule has 1 N–H and O–H groups in total. The second-order valence-electron chi connectivity index (χ2n) is 5.07. The molecule has 0 aliphatic heterocycles. The molecule has 0 aromatic heterocycles. The van der Waals surface area contributed by atoms with Crippen LogP contribution in [0.25, 0.3) is 0 Å². The predicted octanol–water partition coefficient (Wildman–Crippen LogP) is 3.40. The summed E-state index contributed by atoms with van der Waals surface area (Å²) in [6, 6.07) is 10.1. The van der Waals surface area contributed by atoms with Crippen molar-refractivity contribution in [3.63, 3.8) is 0 Å². The zero-order valence-corrected chi connectivity index (χ0v) is 13.2. The zero-order valence-electron chi connectivity index (χ0n) is 12.1. The molecule has 1 aromatic rings. The second kappa shape index (κ2) is 9.66. The van der Waals surface area contributed by atoms with E-state index in [-0.39, 0.29) is 17.1 Å². The van der Waals surface area contributed by atoms with Crippen LogP contribution < -0.4 is 0 Å². The molecule has 1 aromatic carbocycles. The van der Waals surface area contributed by atoms with Gasteiger partial charge < -0.3 is 5.11 Å². The van der Waals surface area contributed by atoms with Crippen molar-refractivity contribution in [1.82, 2.24) is 0 Å². The maximum Gasteiger partial charge on any atom is 2.00 e. The van der Waals surface area contributed by atoms with Crippen LogP contribution in [0, 0.1) is 63.7 Å². The maximum absolute atomic E-state index is 10.3. The Labute approximate surface area is 141 Å². The van der Waals surface area contributed by atoms with Gasteiger partial charge in [-0.2, -0.15) is 0 Å². The summed E-state index contributed by atoms with van der Waals surface area (Å²) in [7, 11) is 0. The third-order valence-corrected chi connectivity index (χ3v) is 3.23. The SMILES string of the molecule is CC(O)(Cc1ccccc1)[C]1[CH][CH][CH][CH]1.[CH]1[CH][CH][CH][CH]1.[Fe+2]. The predicted molar refractivity (Wildman–Crippen MR) is 82.7 cm³/mol. The Balaban J connectivity index is 0.000000313. The molecule has 1 unspecified atom stereocenters. The van der Waals surface area contributed by atoms with Crippen molar-refractivity contribution < 1.29 is 22.2 Å². The van der Waals surface area contributed by atoms with Gasteiger partial charge in [-0.15, -0.1) is 0 Å². The molecule has 0 heterocycles. The average molecular weight is 320 g/mol. The Bertz CT molecular complexity index is 357. The third-order valence-electron chi connectivity index (χ3n) is 3.23. The van der Waals surface area contributed by atoms with Crippen LogP contribution in [-0.2, 0) is 23.5 Å². The van der Waals surface area contributed by atoms with Gasteiger partial charge in [0.05, 0.1) is 5.60 Å². The van der Waals surface area contributed by atoms with Crippen molar-refractivity contribution in [2.75, 3.05) is 0 Å². The molecular formula is C19H20FeO+2. The second-order valence-corrected chi connectivity index (χ2v) is 5.07. The minimum atomic E-state index is -0.773. The summed E-state index contributed by atoms with van der Waals surface area (Å²) in [5.41, 5.74) is 0.383. The van der Waals surface area contributed by atoms with Gasteiger partial charge in [0.1, 0.15) is 0 Å². The van der Waals surface area contributed by atoms with Crippen molar-refractivity contribution in [2.24, 2.45) is 0 Å². The molecule has 2 fully saturated rings. The normalized spacial score (nSPS) is 21.0. The van der Waals surface area contributed by atoms with E-state index in [9.17, 15) is 5.11 Å². The van der Waals surface area contributed by atoms with Gasteiger partial charge in [0.15, 0.2) is 0 Å². The summed E-state index contributed by atoms with van der Waals surface area (Å²) in [6.07, 6.45) is 18.5. The van der Waals surface area contributed by atoms with Gasteiger partial charge in [0, 0.05) is 12.3 Å². The number of benzene rings is 1. The summed E-state index contributed by atoms with van der Waals surface area (Å²) in [5.74, 6) is 0.978. The Kier molecular flexibility index (Phi) is 8.63. The Morgan fingerprint density at radius 2 is 1.29 bits per heavy atom. The van der Waals surface area contributed by atoms with Crippen molar-refractivity contribution in [3.05, 3.63) is 99.6 Å². The summed E-state index contributed by atoms with van der Waals surface area (Å²) in [5, 5.41) is 10.3. The topological polar surface area (TPSA) is 20.2 Å². The number of hydrogen-bond donors (Lipinski definition) is 1. The van der Waals surface area contributed by atoms with E-state index in [1.54, 1.807) is 0 Å². The molecule has 2 aliphatic rings. The fourth-order valence-corrected chi connectivity index (χ4v) is 2.15. The first-order valence-corrected chi connectivity index (χ1v) is 6.84. The van der Waals surface area contributed by atoms with Crippen LogP contribution in [0.1, 0.15) is 12.5 Å². The van der Waals surface area contributed by atoms with Crippen LogP contribution in [0.3, 0.4) is 0 Å². The Morgan fingerprint density at radius 1 is 0.810 bits per heavy atom. The average Bonchev–Trinajstić information content (AvgIpc) is 3.16. The molecule has 2 aliphatic carbocycles. The van der Waals surface area contributed by atoms with Crippen LogP contribution >= 0.6 is 0 Å². The number of rotatable bonds is 3. The summed E-state index contributed by atoms with van der Waals surface area (Å²) < 4.78 is 0. The molecule has 0 bridgehead atoms. The van der Waals surface area contributed by atoms with Crippen molar-refractivity contribution >= 4 is 0 Å². The Hall–Kier alpha value is -0.301. The number of aliphatic hydroxyl groups is 1. The van der Waals surface area contributed by atoms with Gasteiger partial charge in [-0.05, 0) is 70.3 Å². The quantitative estimate of drug-likeness (QED) is 0.846. The van der Waals surface area contributed by atoms with E-state index in [1.165, 1.54) is 0 Å². The molecule has 0 amide bonds. The molecule has 0 saturated heterocycles. The van der Waals surface area contributed by atoms with E-state index < -0.39 is 5.60 Å². The van der Waals surface area contributed by atoms with E-state index >= 15 is 0 Å². The van der Waals surface area contributed by atoms with Gasteiger partial charge in [0.2, 0.25) is 0 Å². The molecule has 10 radical (unpaired) electrons. The summed E-state index contributed by atoms with van der Waals surface area (Å²) in [4.78, 5) is 0. The molecule has 108 valence electrons. The van der Waals surface area contributed by atoms with Crippen molar-refractivity contribution in [3.8, 4) is 0 Å². The maximum atomic E-state index is 10.3. The minimum Gasteiger partial charge on any atom is -0.389 e. The van der Waals surface area contributed by atoms with Gasteiger partial charge in [-0.3, -0.25) is 0 Å². The molecule has 2 heteroatoms. The molecule has 1 atom stereocenters. The third kappa shape index (κ3) is 6.55. The molecule has 3 rings (SSSR count). The van der Waals surface area contributed by atoms with Crippen molar-refractivity contribution in [1.29, 1.82) is 0 Å². The van der Waals surface area contributed by atoms with Gasteiger partial charge in [-0.25, -0.2) is 0 Å². The number of hydrogen-bond acceptors (Lipinski definition) is 1. The molecule has 1 nitrogen and oxygen atoms in total. The first-order valence-electron chi connectivity index (χ1n) is 6.84. The molecular weight excluding hydrogens is 300 g/mol. The zero-order chi connectivity index (χ0) is 14.3. The van der Waals surface area contributed by atoms with Gasteiger partial charge >= 0.3 is 17.1 Å².